The number of amides is 1. The van der Waals surface area contributed by atoms with Crippen LogP contribution in [0.25, 0.3) is 5.57 Å². The summed E-state index contributed by atoms with van der Waals surface area (Å²) in [6.07, 6.45) is 3.33. The lowest BCUT2D eigenvalue weighted by atomic mass is 9.94. The topological polar surface area (TPSA) is 85.6 Å². The quantitative estimate of drug-likeness (QED) is 0.455. The maximum atomic E-state index is 14.6. The molecule has 1 amide bonds. The van der Waals surface area contributed by atoms with Crippen LogP contribution < -0.4 is 21.3 Å². The summed E-state index contributed by atoms with van der Waals surface area (Å²) in [6.45, 7) is 3.29. The lowest BCUT2D eigenvalue weighted by Crippen LogP contribution is -2.28. The Hall–Kier alpha value is -3.95. The Kier molecular flexibility index (Phi) is 6.72. The van der Waals surface area contributed by atoms with E-state index in [0.717, 1.165) is 24.4 Å². The fourth-order valence-corrected chi connectivity index (χ4v) is 3.17. The molecule has 1 unspecified atom stereocenters. The number of hydrogen-bond acceptors (Lipinski definition) is 5. The number of ether oxygens (including phenoxy) is 1. The van der Waals surface area contributed by atoms with Crippen LogP contribution in [0.5, 0.6) is 5.75 Å². The van der Waals surface area contributed by atoms with Gasteiger partial charge in [-0.3, -0.25) is 4.79 Å². The molecule has 1 atom stereocenters. The fraction of sp³-hybridized carbons (Fsp3) is 0.136. The molecule has 1 heterocycles. The number of benzene rings is 1. The van der Waals surface area contributed by atoms with Crippen molar-refractivity contribution in [2.24, 2.45) is 5.73 Å². The van der Waals surface area contributed by atoms with Gasteiger partial charge >= 0.3 is 0 Å². The molecular formula is C22H19F4N3O3. The Labute approximate surface area is 181 Å². The molecule has 0 aromatic heterocycles. The summed E-state index contributed by atoms with van der Waals surface area (Å²) in [5, 5.41) is 2.29. The van der Waals surface area contributed by atoms with Crippen molar-refractivity contribution >= 4 is 11.5 Å². The van der Waals surface area contributed by atoms with Crippen molar-refractivity contribution in [1.82, 2.24) is 10.8 Å². The number of methoxy groups -OCH3 is 1. The smallest absolute Gasteiger partial charge is 0.247 e. The normalized spacial score (nSPS) is 19.7. The second-order valence-electron chi connectivity index (χ2n) is 6.66. The van der Waals surface area contributed by atoms with Gasteiger partial charge in [0.05, 0.1) is 18.4 Å². The third-order valence-corrected chi connectivity index (χ3v) is 4.66. The lowest BCUT2D eigenvalue weighted by Gasteiger charge is -2.20. The Morgan fingerprint density at radius 1 is 1.38 bits per heavy atom. The summed E-state index contributed by atoms with van der Waals surface area (Å²) in [5.74, 6) is -3.44. The van der Waals surface area contributed by atoms with Gasteiger partial charge in [0.25, 0.3) is 0 Å². The molecule has 4 N–H and O–H groups in total. The number of carbonyl (C=O) groups excluding carboxylic acids is 1. The van der Waals surface area contributed by atoms with Crippen LogP contribution in [0.1, 0.15) is 12.0 Å². The van der Waals surface area contributed by atoms with Crippen molar-refractivity contribution in [3.8, 4) is 5.75 Å². The standard InChI is InChI=1S/C22H19F4N3O3/c1-3-21(30)29-19-7-13(16(24)8-17(19)25)11(9-27)4-20-15(10-28-32-20)14-5-12(23)6-18(26)22(14)31-2/h3-7,9-10,17,28H,1,8,27H2,2H3,(H,29,30)/b11-9+,20-4-. The molecule has 0 saturated heterocycles. The molecule has 1 aliphatic carbocycles. The van der Waals surface area contributed by atoms with Crippen molar-refractivity contribution < 1.29 is 31.9 Å². The number of nitrogens with two attached hydrogens (primary N) is 1. The summed E-state index contributed by atoms with van der Waals surface area (Å²) in [4.78, 5) is 16.8. The van der Waals surface area contributed by atoms with Crippen LogP contribution in [0.4, 0.5) is 17.6 Å². The highest BCUT2D eigenvalue weighted by molar-refractivity contribution is 5.88. The van der Waals surface area contributed by atoms with Crippen LogP contribution in [0.3, 0.4) is 0 Å². The average molecular weight is 449 g/mol. The molecule has 32 heavy (non-hydrogen) atoms. The zero-order chi connectivity index (χ0) is 23.4. The first-order valence-electron chi connectivity index (χ1n) is 9.27. The van der Waals surface area contributed by atoms with Gasteiger partial charge < -0.3 is 20.6 Å². The number of nitrogens with one attached hydrogen (secondary N) is 2. The second-order valence-corrected chi connectivity index (χ2v) is 6.66. The number of alkyl halides is 1. The molecule has 2 aliphatic rings. The number of hydroxylamine groups is 1. The summed E-state index contributed by atoms with van der Waals surface area (Å²) in [6, 6.07) is 1.71. The minimum atomic E-state index is -1.77. The SMILES string of the molecule is C=CC(=O)NC1=CC(C(/C=C2\ONC=C2c2cc(F)cc(F)c2OC)=C/N)=C(F)CC1F. The van der Waals surface area contributed by atoms with E-state index in [-0.39, 0.29) is 39.5 Å². The summed E-state index contributed by atoms with van der Waals surface area (Å²) < 4.78 is 61.8. The zero-order valence-corrected chi connectivity index (χ0v) is 16.8. The van der Waals surface area contributed by atoms with Gasteiger partial charge in [-0.25, -0.2) is 23.0 Å². The third kappa shape index (κ3) is 4.53. The zero-order valence-electron chi connectivity index (χ0n) is 16.8. The van der Waals surface area contributed by atoms with Crippen molar-refractivity contribution in [2.75, 3.05) is 7.11 Å². The van der Waals surface area contributed by atoms with Crippen LogP contribution in [-0.2, 0) is 9.63 Å². The molecule has 0 bridgehead atoms. The molecule has 1 aliphatic heterocycles. The molecule has 1 aromatic carbocycles. The first kappa shape index (κ1) is 22.7. The molecule has 0 spiro atoms. The fourth-order valence-electron chi connectivity index (χ4n) is 3.17. The van der Waals surface area contributed by atoms with Gasteiger partial charge in [0.1, 0.15) is 17.8 Å². The molecule has 3 rings (SSSR count). The first-order chi connectivity index (χ1) is 15.3. The van der Waals surface area contributed by atoms with Gasteiger partial charge in [0, 0.05) is 41.6 Å². The van der Waals surface area contributed by atoms with Crippen LogP contribution in [-0.4, -0.2) is 19.2 Å². The number of rotatable bonds is 6. The number of allylic oxidation sites excluding steroid dienone is 7. The number of hydrogen-bond donors (Lipinski definition) is 3. The molecule has 1 aromatic rings. The monoisotopic (exact) mass is 449 g/mol. The third-order valence-electron chi connectivity index (χ3n) is 4.66. The van der Waals surface area contributed by atoms with Crippen LogP contribution in [0.15, 0.2) is 77.8 Å². The van der Waals surface area contributed by atoms with E-state index in [1.165, 1.54) is 19.4 Å². The van der Waals surface area contributed by atoms with E-state index in [9.17, 15) is 22.4 Å². The van der Waals surface area contributed by atoms with Gasteiger partial charge in [0.2, 0.25) is 5.91 Å². The maximum absolute atomic E-state index is 14.6. The molecule has 0 radical (unpaired) electrons. The maximum Gasteiger partial charge on any atom is 0.247 e. The summed E-state index contributed by atoms with van der Waals surface area (Å²) in [5.41, 5.74) is 8.16. The molecule has 0 saturated carbocycles. The van der Waals surface area contributed by atoms with E-state index >= 15 is 0 Å². The highest BCUT2D eigenvalue weighted by Gasteiger charge is 2.27. The van der Waals surface area contributed by atoms with E-state index in [1.54, 1.807) is 0 Å². The minimum absolute atomic E-state index is 0.0361. The van der Waals surface area contributed by atoms with Crippen LogP contribution >= 0.6 is 0 Å². The summed E-state index contributed by atoms with van der Waals surface area (Å²) in [7, 11) is 1.22. The number of halogens is 4. The predicted octanol–water partition coefficient (Wildman–Crippen LogP) is 3.73. The summed E-state index contributed by atoms with van der Waals surface area (Å²) >= 11 is 0. The van der Waals surface area contributed by atoms with Gasteiger partial charge in [0.15, 0.2) is 17.3 Å². The Bertz CT molecular complexity index is 1120. The molecular weight excluding hydrogens is 430 g/mol. The first-order valence-corrected chi connectivity index (χ1v) is 9.27. The molecule has 0 fully saturated rings. The second kappa shape index (κ2) is 9.46. The minimum Gasteiger partial charge on any atom is -0.493 e. The van der Waals surface area contributed by atoms with Gasteiger partial charge in [-0.05, 0) is 24.3 Å². The van der Waals surface area contributed by atoms with Gasteiger partial charge in [-0.2, -0.15) is 0 Å². The van der Waals surface area contributed by atoms with Crippen molar-refractivity contribution in [2.45, 2.75) is 12.6 Å². The average Bonchev–Trinajstić information content (AvgIpc) is 3.21. The highest BCUT2D eigenvalue weighted by Crippen LogP contribution is 2.38. The Balaban J connectivity index is 2.01. The predicted molar refractivity (Wildman–Crippen MR) is 110 cm³/mol. The largest absolute Gasteiger partial charge is 0.493 e. The highest BCUT2D eigenvalue weighted by atomic mass is 19.1. The van der Waals surface area contributed by atoms with Crippen LogP contribution in [0, 0.1) is 11.6 Å². The van der Waals surface area contributed by atoms with E-state index in [0.29, 0.717) is 6.07 Å². The van der Waals surface area contributed by atoms with Gasteiger partial charge in [-0.1, -0.05) is 6.58 Å². The van der Waals surface area contributed by atoms with E-state index in [4.69, 9.17) is 15.3 Å². The Morgan fingerprint density at radius 2 is 2.12 bits per heavy atom. The Morgan fingerprint density at radius 3 is 2.78 bits per heavy atom. The van der Waals surface area contributed by atoms with Gasteiger partial charge in [-0.15, -0.1) is 0 Å². The number of carbonyl (C=O) groups is 1. The molecule has 10 heteroatoms. The van der Waals surface area contributed by atoms with Crippen molar-refractivity contribution in [1.29, 1.82) is 0 Å². The van der Waals surface area contributed by atoms with E-state index in [1.807, 2.05) is 0 Å². The molecule has 6 nitrogen and oxygen atoms in total. The van der Waals surface area contributed by atoms with Crippen LogP contribution in [0.2, 0.25) is 0 Å². The van der Waals surface area contributed by atoms with Crippen molar-refractivity contribution in [3.63, 3.8) is 0 Å². The molecule has 168 valence electrons. The van der Waals surface area contributed by atoms with E-state index in [2.05, 4.69) is 17.4 Å². The van der Waals surface area contributed by atoms with Crippen molar-refractivity contribution in [3.05, 3.63) is 95.0 Å². The lowest BCUT2D eigenvalue weighted by molar-refractivity contribution is -0.116. The van der Waals surface area contributed by atoms with E-state index < -0.39 is 36.0 Å².